The fourth-order valence-corrected chi connectivity index (χ4v) is 2.68. The van der Waals surface area contributed by atoms with Crippen molar-refractivity contribution in [2.24, 2.45) is 5.73 Å². The number of sulfonamides is 1. The zero-order valence-electron chi connectivity index (χ0n) is 6.93. The molecule has 6 nitrogen and oxygen atoms in total. The molecular formula is C6H12N2O4S. The molecule has 1 rings (SSSR count). The zero-order chi connectivity index (χ0) is 10.1. The number of aliphatic carboxylic acids is 1. The van der Waals surface area contributed by atoms with E-state index in [2.05, 4.69) is 4.72 Å². The van der Waals surface area contributed by atoms with Gasteiger partial charge in [-0.2, -0.15) is 0 Å². The Bertz CT molecular complexity index is 300. The molecule has 0 aliphatic carbocycles. The van der Waals surface area contributed by atoms with E-state index in [9.17, 15) is 13.2 Å². The van der Waals surface area contributed by atoms with Gasteiger partial charge in [-0.3, -0.25) is 4.79 Å². The van der Waals surface area contributed by atoms with E-state index in [1.807, 2.05) is 0 Å². The smallest absolute Gasteiger partial charge is 0.320 e. The average molecular weight is 208 g/mol. The van der Waals surface area contributed by atoms with Gasteiger partial charge >= 0.3 is 5.97 Å². The van der Waals surface area contributed by atoms with Crippen LogP contribution in [-0.4, -0.2) is 37.3 Å². The molecule has 0 aromatic carbocycles. The molecule has 76 valence electrons. The van der Waals surface area contributed by atoms with Crippen LogP contribution in [-0.2, 0) is 14.8 Å². The minimum absolute atomic E-state index is 0.0595. The molecule has 0 spiro atoms. The molecule has 1 saturated heterocycles. The SMILES string of the molecule is N[C@H](CC1CCS(=O)(=O)N1)C(=O)O. The molecule has 1 aliphatic heterocycles. The Labute approximate surface area is 76.2 Å². The van der Waals surface area contributed by atoms with Crippen LogP contribution in [0.4, 0.5) is 0 Å². The highest BCUT2D eigenvalue weighted by Gasteiger charge is 2.29. The number of hydrogen-bond acceptors (Lipinski definition) is 4. The highest BCUT2D eigenvalue weighted by molar-refractivity contribution is 7.89. The zero-order valence-corrected chi connectivity index (χ0v) is 7.75. The number of rotatable bonds is 3. The Morgan fingerprint density at radius 2 is 2.31 bits per heavy atom. The van der Waals surface area contributed by atoms with Gasteiger partial charge in [-0.25, -0.2) is 13.1 Å². The van der Waals surface area contributed by atoms with Crippen molar-refractivity contribution in [3.8, 4) is 0 Å². The number of nitrogens with two attached hydrogens (primary N) is 1. The molecule has 0 radical (unpaired) electrons. The van der Waals surface area contributed by atoms with Crippen LogP contribution in [0.5, 0.6) is 0 Å². The summed E-state index contributed by atoms with van der Waals surface area (Å²) in [6.45, 7) is 0. The van der Waals surface area contributed by atoms with Crippen molar-refractivity contribution in [1.29, 1.82) is 0 Å². The highest BCUT2D eigenvalue weighted by atomic mass is 32.2. The summed E-state index contributed by atoms with van der Waals surface area (Å²) in [5.74, 6) is -1.05. The molecule has 1 heterocycles. The van der Waals surface area contributed by atoms with Crippen molar-refractivity contribution in [3.63, 3.8) is 0 Å². The Balaban J connectivity index is 2.45. The second-order valence-corrected chi connectivity index (χ2v) is 4.98. The van der Waals surface area contributed by atoms with E-state index < -0.39 is 22.0 Å². The lowest BCUT2D eigenvalue weighted by molar-refractivity contribution is -0.138. The van der Waals surface area contributed by atoms with Crippen LogP contribution in [0.3, 0.4) is 0 Å². The number of carboxylic acid groups (broad SMARTS) is 1. The summed E-state index contributed by atoms with van der Waals surface area (Å²) in [5.41, 5.74) is 5.25. The van der Waals surface area contributed by atoms with Gasteiger partial charge in [-0.15, -0.1) is 0 Å². The van der Waals surface area contributed by atoms with E-state index in [0.29, 0.717) is 6.42 Å². The largest absolute Gasteiger partial charge is 0.480 e. The Hall–Kier alpha value is -0.660. The lowest BCUT2D eigenvalue weighted by Crippen LogP contribution is -2.37. The molecule has 1 fully saturated rings. The van der Waals surface area contributed by atoms with E-state index in [-0.39, 0.29) is 18.2 Å². The third-order valence-electron chi connectivity index (χ3n) is 1.94. The van der Waals surface area contributed by atoms with Gasteiger partial charge in [0.1, 0.15) is 6.04 Å². The molecule has 0 aromatic heterocycles. The van der Waals surface area contributed by atoms with Crippen LogP contribution in [0.1, 0.15) is 12.8 Å². The predicted octanol–water partition coefficient (Wildman–Crippen LogP) is -1.52. The molecule has 1 unspecified atom stereocenters. The van der Waals surface area contributed by atoms with Crippen LogP contribution in [0.25, 0.3) is 0 Å². The first-order valence-electron chi connectivity index (χ1n) is 3.89. The molecular weight excluding hydrogens is 196 g/mol. The molecule has 13 heavy (non-hydrogen) atoms. The molecule has 1 aliphatic rings. The Morgan fingerprint density at radius 1 is 1.69 bits per heavy atom. The van der Waals surface area contributed by atoms with Crippen LogP contribution >= 0.6 is 0 Å². The van der Waals surface area contributed by atoms with E-state index in [1.165, 1.54) is 0 Å². The molecule has 0 aromatic rings. The number of hydrogen-bond donors (Lipinski definition) is 3. The summed E-state index contributed by atoms with van der Waals surface area (Å²) in [6, 6.07) is -1.32. The van der Waals surface area contributed by atoms with E-state index in [4.69, 9.17) is 10.8 Å². The van der Waals surface area contributed by atoms with Crippen molar-refractivity contribution in [1.82, 2.24) is 4.72 Å². The predicted molar refractivity (Wildman–Crippen MR) is 45.6 cm³/mol. The molecule has 2 atom stereocenters. The van der Waals surface area contributed by atoms with Gasteiger partial charge < -0.3 is 10.8 Å². The summed E-state index contributed by atoms with van der Waals surface area (Å²) in [7, 11) is -3.17. The van der Waals surface area contributed by atoms with Crippen molar-refractivity contribution in [2.75, 3.05) is 5.75 Å². The van der Waals surface area contributed by atoms with Crippen LogP contribution < -0.4 is 10.5 Å². The van der Waals surface area contributed by atoms with Gasteiger partial charge in [0, 0.05) is 6.04 Å². The topological polar surface area (TPSA) is 109 Å². The summed E-state index contributed by atoms with van der Waals surface area (Å²) >= 11 is 0. The average Bonchev–Trinajstić information content (AvgIpc) is 2.30. The third kappa shape index (κ3) is 2.94. The lowest BCUT2D eigenvalue weighted by atomic mass is 10.1. The van der Waals surface area contributed by atoms with Crippen molar-refractivity contribution in [2.45, 2.75) is 24.9 Å². The number of nitrogens with one attached hydrogen (secondary N) is 1. The minimum Gasteiger partial charge on any atom is -0.480 e. The van der Waals surface area contributed by atoms with Gasteiger partial charge in [0.05, 0.1) is 5.75 Å². The minimum atomic E-state index is -3.17. The quantitative estimate of drug-likeness (QED) is 0.522. The Morgan fingerprint density at radius 3 is 2.69 bits per heavy atom. The van der Waals surface area contributed by atoms with Crippen LogP contribution in [0, 0.1) is 0 Å². The van der Waals surface area contributed by atoms with Crippen molar-refractivity contribution in [3.05, 3.63) is 0 Å². The third-order valence-corrected chi connectivity index (χ3v) is 3.40. The number of carboxylic acids is 1. The highest BCUT2D eigenvalue weighted by Crippen LogP contribution is 2.11. The van der Waals surface area contributed by atoms with Crippen molar-refractivity contribution >= 4 is 16.0 Å². The second-order valence-electron chi connectivity index (χ2n) is 3.10. The normalized spacial score (nSPS) is 28.5. The fourth-order valence-electron chi connectivity index (χ4n) is 1.24. The first-order valence-corrected chi connectivity index (χ1v) is 5.54. The van der Waals surface area contributed by atoms with Crippen LogP contribution in [0.2, 0.25) is 0 Å². The second kappa shape index (κ2) is 3.60. The van der Waals surface area contributed by atoms with Gasteiger partial charge in [0.25, 0.3) is 0 Å². The molecule has 0 saturated carbocycles. The standard InChI is InChI=1S/C6H12N2O4S/c7-5(6(9)10)3-4-1-2-13(11,12)8-4/h4-5,8H,1-3,7H2,(H,9,10)/t4?,5-/m1/s1. The molecule has 0 bridgehead atoms. The maximum absolute atomic E-state index is 10.9. The first kappa shape index (κ1) is 10.4. The van der Waals surface area contributed by atoms with Gasteiger partial charge in [-0.05, 0) is 12.8 Å². The van der Waals surface area contributed by atoms with Gasteiger partial charge in [-0.1, -0.05) is 0 Å². The molecule has 7 heteroatoms. The monoisotopic (exact) mass is 208 g/mol. The first-order chi connectivity index (χ1) is 5.91. The maximum Gasteiger partial charge on any atom is 0.320 e. The fraction of sp³-hybridized carbons (Fsp3) is 0.833. The molecule has 4 N–H and O–H groups in total. The summed E-state index contributed by atoms with van der Waals surface area (Å²) in [5, 5.41) is 8.47. The van der Waals surface area contributed by atoms with E-state index in [0.717, 1.165) is 0 Å². The van der Waals surface area contributed by atoms with Crippen molar-refractivity contribution < 1.29 is 18.3 Å². The van der Waals surface area contributed by atoms with Crippen LogP contribution in [0.15, 0.2) is 0 Å². The number of carbonyl (C=O) groups is 1. The summed E-state index contributed by atoms with van der Waals surface area (Å²) in [4.78, 5) is 10.3. The van der Waals surface area contributed by atoms with E-state index in [1.54, 1.807) is 0 Å². The van der Waals surface area contributed by atoms with E-state index >= 15 is 0 Å². The maximum atomic E-state index is 10.9. The van der Waals surface area contributed by atoms with Gasteiger partial charge in [0.15, 0.2) is 0 Å². The molecule has 0 amide bonds. The van der Waals surface area contributed by atoms with Gasteiger partial charge in [0.2, 0.25) is 10.0 Å². The Kier molecular flexibility index (Phi) is 2.89. The summed E-state index contributed by atoms with van der Waals surface area (Å²) < 4.78 is 24.1. The summed E-state index contributed by atoms with van der Waals surface area (Å²) in [6.07, 6.45) is 0.581. The lowest BCUT2D eigenvalue weighted by Gasteiger charge is -2.11.